The number of benzene rings is 1. The smallest absolute Gasteiger partial charge is 0.208 e. The van der Waals surface area contributed by atoms with Gasteiger partial charge in [0.25, 0.3) is 0 Å². The fourth-order valence-electron chi connectivity index (χ4n) is 1.50. The maximum Gasteiger partial charge on any atom is 0.208 e. The fraction of sp³-hybridized carbons (Fsp3) is 0.273. The molecule has 1 aromatic carbocycles. The number of sulfonamides is 1. The van der Waals surface area contributed by atoms with Crippen LogP contribution in [0.3, 0.4) is 0 Å². The number of rotatable bonds is 4. The van der Waals surface area contributed by atoms with Crippen molar-refractivity contribution < 1.29 is 13.5 Å². The first-order valence-electron chi connectivity index (χ1n) is 5.07. The van der Waals surface area contributed by atoms with E-state index in [4.69, 9.17) is 0 Å². The summed E-state index contributed by atoms with van der Waals surface area (Å²) in [7, 11) is -3.26. The van der Waals surface area contributed by atoms with Gasteiger partial charge in [-0.05, 0) is 17.5 Å². The molecular weight excluding hydrogens is 258 g/mol. The molecule has 2 N–H and O–H groups in total. The summed E-state index contributed by atoms with van der Waals surface area (Å²) >= 11 is 1.47. The zero-order valence-electron chi connectivity index (χ0n) is 9.25. The monoisotopic (exact) mass is 271 g/mol. The molecule has 0 fully saturated rings. The van der Waals surface area contributed by atoms with Gasteiger partial charge in [0.2, 0.25) is 10.0 Å². The molecule has 0 bridgehead atoms. The van der Waals surface area contributed by atoms with Gasteiger partial charge in [-0.1, -0.05) is 18.2 Å². The second-order valence-electron chi connectivity index (χ2n) is 3.82. The second kappa shape index (κ2) is 4.73. The van der Waals surface area contributed by atoms with Crippen LogP contribution in [0, 0.1) is 0 Å². The van der Waals surface area contributed by atoms with Crippen molar-refractivity contribution in [2.45, 2.75) is 6.10 Å². The molecule has 6 heteroatoms. The van der Waals surface area contributed by atoms with E-state index in [-0.39, 0.29) is 6.54 Å². The van der Waals surface area contributed by atoms with Crippen molar-refractivity contribution in [3.63, 3.8) is 0 Å². The van der Waals surface area contributed by atoms with Crippen molar-refractivity contribution in [1.29, 1.82) is 0 Å². The predicted octanol–water partition coefficient (Wildman–Crippen LogP) is 1.48. The lowest BCUT2D eigenvalue weighted by Crippen LogP contribution is -2.26. The summed E-state index contributed by atoms with van der Waals surface area (Å²) < 4.78 is 25.2. The fourth-order valence-corrected chi connectivity index (χ4v) is 3.01. The zero-order chi connectivity index (χ0) is 12.5. The first-order chi connectivity index (χ1) is 7.96. The Bertz CT molecular complexity index is 585. The molecule has 4 nitrogen and oxygen atoms in total. The first kappa shape index (κ1) is 12.5. The van der Waals surface area contributed by atoms with Gasteiger partial charge in [-0.3, -0.25) is 0 Å². The van der Waals surface area contributed by atoms with Crippen molar-refractivity contribution in [2.24, 2.45) is 0 Å². The van der Waals surface area contributed by atoms with Crippen molar-refractivity contribution in [1.82, 2.24) is 4.72 Å². The van der Waals surface area contributed by atoms with E-state index in [0.29, 0.717) is 0 Å². The van der Waals surface area contributed by atoms with Gasteiger partial charge in [0.15, 0.2) is 0 Å². The third kappa shape index (κ3) is 3.26. The number of aliphatic hydroxyl groups is 1. The number of thiophene rings is 1. The van der Waals surface area contributed by atoms with E-state index in [9.17, 15) is 13.5 Å². The number of hydrogen-bond donors (Lipinski definition) is 2. The van der Waals surface area contributed by atoms with Crippen LogP contribution >= 0.6 is 11.3 Å². The maximum absolute atomic E-state index is 10.9. The summed E-state index contributed by atoms with van der Waals surface area (Å²) in [4.78, 5) is 0.766. The molecular formula is C11H13NO3S2. The van der Waals surface area contributed by atoms with E-state index in [1.54, 1.807) is 0 Å². The van der Waals surface area contributed by atoms with E-state index in [1.807, 2.05) is 30.3 Å². The number of fused-ring (bicyclic) bond motifs is 1. The minimum Gasteiger partial charge on any atom is -0.386 e. The van der Waals surface area contributed by atoms with E-state index < -0.39 is 16.1 Å². The highest BCUT2D eigenvalue weighted by molar-refractivity contribution is 7.88. The van der Waals surface area contributed by atoms with Crippen LogP contribution < -0.4 is 4.72 Å². The van der Waals surface area contributed by atoms with Gasteiger partial charge in [-0.2, -0.15) is 0 Å². The van der Waals surface area contributed by atoms with Gasteiger partial charge in [0.05, 0.1) is 6.26 Å². The minimum atomic E-state index is -3.26. The Labute approximate surface area is 104 Å². The Morgan fingerprint density at radius 1 is 1.41 bits per heavy atom. The molecule has 0 radical (unpaired) electrons. The van der Waals surface area contributed by atoms with E-state index >= 15 is 0 Å². The van der Waals surface area contributed by atoms with Crippen LogP contribution in [0.15, 0.2) is 30.3 Å². The van der Waals surface area contributed by atoms with Crippen LogP contribution in [-0.4, -0.2) is 26.3 Å². The van der Waals surface area contributed by atoms with Gasteiger partial charge in [-0.15, -0.1) is 11.3 Å². The number of aliphatic hydroxyl groups excluding tert-OH is 1. The SMILES string of the molecule is CS(=O)(=O)NCC(O)c1cc2ccccc2s1. The van der Waals surface area contributed by atoms with Crippen molar-refractivity contribution in [3.8, 4) is 0 Å². The van der Waals surface area contributed by atoms with Crippen molar-refractivity contribution in [2.75, 3.05) is 12.8 Å². The third-order valence-electron chi connectivity index (χ3n) is 2.31. The van der Waals surface area contributed by atoms with Gasteiger partial charge in [-0.25, -0.2) is 13.1 Å². The van der Waals surface area contributed by atoms with Gasteiger partial charge < -0.3 is 5.11 Å². The summed E-state index contributed by atoms with van der Waals surface area (Å²) in [5.41, 5.74) is 0. The lowest BCUT2D eigenvalue weighted by Gasteiger charge is -2.07. The highest BCUT2D eigenvalue weighted by atomic mass is 32.2. The summed E-state index contributed by atoms with van der Waals surface area (Å²) in [5, 5.41) is 10.9. The van der Waals surface area contributed by atoms with Gasteiger partial charge >= 0.3 is 0 Å². The molecule has 0 saturated carbocycles. The van der Waals surface area contributed by atoms with E-state index in [2.05, 4.69) is 4.72 Å². The Hall–Kier alpha value is -0.950. The molecule has 0 aliphatic carbocycles. The summed E-state index contributed by atoms with van der Waals surface area (Å²) in [6.45, 7) is 0.00561. The van der Waals surface area contributed by atoms with Crippen molar-refractivity contribution in [3.05, 3.63) is 35.2 Å². The van der Waals surface area contributed by atoms with E-state index in [0.717, 1.165) is 21.2 Å². The predicted molar refractivity (Wildman–Crippen MR) is 69.6 cm³/mol. The average molecular weight is 271 g/mol. The van der Waals surface area contributed by atoms with Crippen LogP contribution in [0.2, 0.25) is 0 Å². The van der Waals surface area contributed by atoms with Crippen LogP contribution in [0.1, 0.15) is 11.0 Å². The van der Waals surface area contributed by atoms with Gasteiger partial charge in [0.1, 0.15) is 6.10 Å². The molecule has 92 valence electrons. The summed E-state index contributed by atoms with van der Waals surface area (Å²) in [6, 6.07) is 9.69. The lowest BCUT2D eigenvalue weighted by atomic mass is 10.2. The standard InChI is InChI=1S/C11H13NO3S2/c1-17(14,15)12-7-9(13)11-6-8-4-2-3-5-10(8)16-11/h2-6,9,12-13H,7H2,1H3. The Morgan fingerprint density at radius 3 is 2.76 bits per heavy atom. The average Bonchev–Trinajstić information content (AvgIpc) is 2.68. The Balaban J connectivity index is 2.16. The molecule has 0 spiro atoms. The topological polar surface area (TPSA) is 66.4 Å². The molecule has 0 saturated heterocycles. The zero-order valence-corrected chi connectivity index (χ0v) is 10.9. The Kier molecular flexibility index (Phi) is 3.48. The first-order valence-corrected chi connectivity index (χ1v) is 7.78. The van der Waals surface area contributed by atoms with Gasteiger partial charge in [0, 0.05) is 16.1 Å². The van der Waals surface area contributed by atoms with E-state index in [1.165, 1.54) is 11.3 Å². The largest absolute Gasteiger partial charge is 0.386 e. The number of nitrogens with one attached hydrogen (secondary N) is 1. The molecule has 17 heavy (non-hydrogen) atoms. The minimum absolute atomic E-state index is 0.00561. The molecule has 1 heterocycles. The van der Waals surface area contributed by atoms with Crippen molar-refractivity contribution >= 4 is 31.4 Å². The second-order valence-corrected chi connectivity index (χ2v) is 6.77. The molecule has 0 amide bonds. The number of hydrogen-bond acceptors (Lipinski definition) is 4. The van der Waals surface area contributed by atoms with Crippen LogP contribution in [0.25, 0.3) is 10.1 Å². The highest BCUT2D eigenvalue weighted by Crippen LogP contribution is 2.29. The molecule has 1 unspecified atom stereocenters. The van der Waals surface area contributed by atoms with Crippen LogP contribution in [-0.2, 0) is 10.0 Å². The molecule has 1 aromatic heterocycles. The summed E-state index contributed by atoms with van der Waals surface area (Å²) in [6.07, 6.45) is 0.270. The maximum atomic E-state index is 10.9. The normalized spacial score (nSPS) is 14.0. The molecule has 0 aliphatic heterocycles. The van der Waals surface area contributed by atoms with Crippen LogP contribution in [0.5, 0.6) is 0 Å². The molecule has 1 atom stereocenters. The Morgan fingerprint density at radius 2 is 2.12 bits per heavy atom. The quantitative estimate of drug-likeness (QED) is 0.885. The molecule has 2 aromatic rings. The molecule has 0 aliphatic rings. The van der Waals surface area contributed by atoms with Crippen LogP contribution in [0.4, 0.5) is 0 Å². The molecule has 2 rings (SSSR count). The highest BCUT2D eigenvalue weighted by Gasteiger charge is 2.13. The lowest BCUT2D eigenvalue weighted by molar-refractivity contribution is 0.186. The summed E-state index contributed by atoms with van der Waals surface area (Å²) in [5.74, 6) is 0. The third-order valence-corrected chi connectivity index (χ3v) is 4.22.